The highest BCUT2D eigenvalue weighted by Gasteiger charge is 2.18. The Labute approximate surface area is 205 Å². The zero-order valence-corrected chi connectivity index (χ0v) is 20.6. The fourth-order valence-corrected chi connectivity index (χ4v) is 4.57. The minimum absolute atomic E-state index is 0.236. The first kappa shape index (κ1) is 23.1. The van der Waals surface area contributed by atoms with E-state index in [9.17, 15) is 0 Å². The van der Waals surface area contributed by atoms with Crippen molar-refractivity contribution in [3.63, 3.8) is 0 Å². The summed E-state index contributed by atoms with van der Waals surface area (Å²) in [7, 11) is 1.63. The smallest absolute Gasteiger partial charge is 0.166 e. The monoisotopic (exact) mass is 492 g/mol. The molecule has 0 saturated carbocycles. The molecule has 1 atom stereocenters. The summed E-state index contributed by atoms with van der Waals surface area (Å²) >= 11 is 1.26. The molecular weight excluding hydrogens is 467 g/mol. The van der Waals surface area contributed by atoms with Crippen molar-refractivity contribution < 1.29 is 13.9 Å². The molecule has 180 valence electrons. The van der Waals surface area contributed by atoms with Crippen molar-refractivity contribution in [3.8, 4) is 11.4 Å². The van der Waals surface area contributed by atoms with Crippen LogP contribution in [-0.2, 0) is 4.74 Å². The fourth-order valence-electron chi connectivity index (χ4n) is 3.84. The normalized spacial score (nSPS) is 12.5. The molecule has 0 amide bonds. The SMILES string of the molecule is COC[C@@H](C)Oc1cc(-n2cc(C(C)C)cn2)cc2ncnc(Nc3ccc4ncsc4c3F)c12. The predicted octanol–water partition coefficient (Wildman–Crippen LogP) is 5.85. The second kappa shape index (κ2) is 9.55. The Hall–Kier alpha value is -3.63. The third-order valence-corrected chi connectivity index (χ3v) is 6.48. The minimum atomic E-state index is -0.374. The van der Waals surface area contributed by atoms with Crippen LogP contribution in [0.2, 0.25) is 0 Å². The maximum absolute atomic E-state index is 15.2. The van der Waals surface area contributed by atoms with Gasteiger partial charge in [-0.1, -0.05) is 13.8 Å². The second-order valence-electron chi connectivity index (χ2n) is 8.57. The van der Waals surface area contributed by atoms with Crippen LogP contribution in [0.3, 0.4) is 0 Å². The van der Waals surface area contributed by atoms with Gasteiger partial charge in [0.2, 0.25) is 0 Å². The van der Waals surface area contributed by atoms with Gasteiger partial charge in [-0.3, -0.25) is 0 Å². The second-order valence-corrected chi connectivity index (χ2v) is 9.42. The van der Waals surface area contributed by atoms with Crippen LogP contribution >= 0.6 is 11.3 Å². The number of anilines is 2. The number of aromatic nitrogens is 5. The molecule has 0 unspecified atom stereocenters. The maximum Gasteiger partial charge on any atom is 0.166 e. The number of fused-ring (bicyclic) bond motifs is 2. The summed E-state index contributed by atoms with van der Waals surface area (Å²) in [5, 5.41) is 8.30. The van der Waals surface area contributed by atoms with Crippen LogP contribution in [0.4, 0.5) is 15.9 Å². The van der Waals surface area contributed by atoms with Crippen LogP contribution in [0.5, 0.6) is 5.75 Å². The fraction of sp³-hybridized carbons (Fsp3) is 0.280. The number of ether oxygens (including phenoxy) is 2. The first-order chi connectivity index (χ1) is 16.9. The molecule has 0 bridgehead atoms. The van der Waals surface area contributed by atoms with Crippen molar-refractivity contribution in [2.24, 2.45) is 0 Å². The van der Waals surface area contributed by atoms with Crippen LogP contribution in [0, 0.1) is 5.82 Å². The molecule has 10 heteroatoms. The topological polar surface area (TPSA) is 87.0 Å². The summed E-state index contributed by atoms with van der Waals surface area (Å²) in [6, 6.07) is 7.24. The number of thiazole rings is 1. The van der Waals surface area contributed by atoms with Gasteiger partial charge < -0.3 is 14.8 Å². The zero-order valence-electron chi connectivity index (χ0n) is 19.8. The van der Waals surface area contributed by atoms with Gasteiger partial charge in [-0.25, -0.2) is 24.0 Å². The Balaban J connectivity index is 1.63. The quantitative estimate of drug-likeness (QED) is 0.291. The molecule has 8 nitrogen and oxygen atoms in total. The van der Waals surface area contributed by atoms with Gasteiger partial charge in [-0.15, -0.1) is 11.3 Å². The number of nitrogens with one attached hydrogen (secondary N) is 1. The van der Waals surface area contributed by atoms with Gasteiger partial charge in [-0.2, -0.15) is 5.10 Å². The van der Waals surface area contributed by atoms with E-state index >= 15 is 4.39 Å². The third-order valence-electron chi connectivity index (χ3n) is 5.64. The van der Waals surface area contributed by atoms with Crippen molar-refractivity contribution >= 4 is 44.0 Å². The van der Waals surface area contributed by atoms with Crippen molar-refractivity contribution in [1.82, 2.24) is 24.7 Å². The number of rotatable bonds is 8. The van der Waals surface area contributed by atoms with Gasteiger partial charge in [0.25, 0.3) is 0 Å². The van der Waals surface area contributed by atoms with E-state index in [1.54, 1.807) is 29.4 Å². The molecule has 35 heavy (non-hydrogen) atoms. The molecule has 0 aliphatic rings. The number of benzene rings is 2. The standard InChI is InChI=1S/C25H25FN6O2S/c1-14(2)16-9-30-32(10-16)17-7-20-22(21(8-17)34-15(3)11-33-4)25(28-12-27-20)31-18-5-6-19-24(23(18)26)35-13-29-19/h5-10,12-15H,11H2,1-4H3,(H,27,28,31)/t15-/m1/s1. The van der Waals surface area contributed by atoms with Gasteiger partial charge in [-0.05, 0) is 36.6 Å². The van der Waals surface area contributed by atoms with E-state index in [0.29, 0.717) is 50.9 Å². The summed E-state index contributed by atoms with van der Waals surface area (Å²) in [5.74, 6) is 0.963. The van der Waals surface area contributed by atoms with Gasteiger partial charge in [0.1, 0.15) is 24.0 Å². The average Bonchev–Trinajstić information content (AvgIpc) is 3.51. The van der Waals surface area contributed by atoms with Gasteiger partial charge in [0.05, 0.1) is 50.8 Å². The molecule has 0 fully saturated rings. The van der Waals surface area contributed by atoms with E-state index in [4.69, 9.17) is 9.47 Å². The highest BCUT2D eigenvalue weighted by molar-refractivity contribution is 7.16. The lowest BCUT2D eigenvalue weighted by molar-refractivity contribution is 0.0931. The van der Waals surface area contributed by atoms with Gasteiger partial charge >= 0.3 is 0 Å². The lowest BCUT2D eigenvalue weighted by atomic mass is 10.1. The molecule has 0 aliphatic heterocycles. The Morgan fingerprint density at radius 1 is 1.11 bits per heavy atom. The van der Waals surface area contributed by atoms with Crippen molar-refractivity contribution in [1.29, 1.82) is 0 Å². The molecular formula is C25H25FN6O2S. The van der Waals surface area contributed by atoms with E-state index in [-0.39, 0.29) is 11.9 Å². The first-order valence-corrected chi connectivity index (χ1v) is 12.1. The number of halogens is 1. The van der Waals surface area contributed by atoms with E-state index in [1.165, 1.54) is 17.7 Å². The first-order valence-electron chi connectivity index (χ1n) is 11.2. The van der Waals surface area contributed by atoms with Gasteiger partial charge in [0, 0.05) is 19.4 Å². The molecule has 0 spiro atoms. The number of methoxy groups -OCH3 is 1. The molecule has 5 aromatic rings. The minimum Gasteiger partial charge on any atom is -0.487 e. The van der Waals surface area contributed by atoms with E-state index in [0.717, 1.165) is 11.3 Å². The largest absolute Gasteiger partial charge is 0.487 e. The molecule has 1 N–H and O–H groups in total. The highest BCUT2D eigenvalue weighted by Crippen LogP contribution is 2.36. The van der Waals surface area contributed by atoms with Gasteiger partial charge in [0.15, 0.2) is 5.82 Å². The average molecular weight is 493 g/mol. The molecule has 0 aliphatic carbocycles. The molecule has 0 radical (unpaired) electrons. The van der Waals surface area contributed by atoms with Crippen LogP contribution < -0.4 is 10.1 Å². The Kier molecular flexibility index (Phi) is 6.31. The molecule has 3 heterocycles. The molecule has 5 rings (SSSR count). The summed E-state index contributed by atoms with van der Waals surface area (Å²) in [6.45, 7) is 6.56. The van der Waals surface area contributed by atoms with Crippen LogP contribution in [0.1, 0.15) is 32.3 Å². The number of hydrogen-bond acceptors (Lipinski definition) is 8. The van der Waals surface area contributed by atoms with Crippen molar-refractivity contribution in [2.75, 3.05) is 19.0 Å². The van der Waals surface area contributed by atoms with Crippen molar-refractivity contribution in [2.45, 2.75) is 32.8 Å². The third kappa shape index (κ3) is 4.54. The van der Waals surface area contributed by atoms with E-state index in [2.05, 4.69) is 39.2 Å². The Morgan fingerprint density at radius 2 is 1.97 bits per heavy atom. The van der Waals surface area contributed by atoms with Crippen molar-refractivity contribution in [3.05, 3.63) is 59.9 Å². The summed E-state index contributed by atoms with van der Waals surface area (Å²) in [6.07, 6.45) is 5.06. The molecule has 2 aromatic carbocycles. The van der Waals surface area contributed by atoms with Crippen LogP contribution in [-0.4, -0.2) is 44.6 Å². The van der Waals surface area contributed by atoms with E-state index in [1.807, 2.05) is 31.5 Å². The number of nitrogens with zero attached hydrogens (tertiary/aromatic N) is 5. The van der Waals surface area contributed by atoms with Crippen LogP contribution in [0.15, 0.2) is 48.5 Å². The van der Waals surface area contributed by atoms with Crippen LogP contribution in [0.25, 0.3) is 26.8 Å². The summed E-state index contributed by atoms with van der Waals surface area (Å²) in [5.41, 5.74) is 5.11. The predicted molar refractivity (Wildman–Crippen MR) is 136 cm³/mol. The summed E-state index contributed by atoms with van der Waals surface area (Å²) in [4.78, 5) is 13.1. The molecule has 3 aromatic heterocycles. The maximum atomic E-state index is 15.2. The Morgan fingerprint density at radius 3 is 2.74 bits per heavy atom. The molecule has 0 saturated heterocycles. The highest BCUT2D eigenvalue weighted by atomic mass is 32.1. The summed E-state index contributed by atoms with van der Waals surface area (Å²) < 4.78 is 29.0. The van der Waals surface area contributed by atoms with E-state index < -0.39 is 0 Å². The zero-order chi connectivity index (χ0) is 24.5. The lowest BCUT2D eigenvalue weighted by Gasteiger charge is -2.18. The number of hydrogen-bond donors (Lipinski definition) is 1. The lowest BCUT2D eigenvalue weighted by Crippen LogP contribution is -2.18. The Bertz CT molecular complexity index is 1500.